The van der Waals surface area contributed by atoms with Crippen molar-refractivity contribution in [2.45, 2.75) is 12.8 Å². The Bertz CT molecular complexity index is 870. The molecular formula is C18H15F2N3. The number of fused-ring (bicyclic) bond motifs is 1. The Labute approximate surface area is 132 Å². The first-order valence-corrected chi connectivity index (χ1v) is 7.57. The van der Waals surface area contributed by atoms with Crippen molar-refractivity contribution in [3.63, 3.8) is 0 Å². The van der Waals surface area contributed by atoms with Gasteiger partial charge in [-0.3, -0.25) is 0 Å². The van der Waals surface area contributed by atoms with Crippen LogP contribution < -0.4 is 5.32 Å². The molecule has 1 N–H and O–H groups in total. The van der Waals surface area contributed by atoms with E-state index in [9.17, 15) is 8.78 Å². The normalized spacial score (nSPS) is 13.0. The van der Waals surface area contributed by atoms with Crippen LogP contribution >= 0.6 is 0 Å². The number of anilines is 1. The number of hydrogen-bond acceptors (Lipinski definition) is 2. The van der Waals surface area contributed by atoms with Crippen LogP contribution in [0.3, 0.4) is 0 Å². The smallest absolute Gasteiger partial charge is 0.148 e. The zero-order valence-electron chi connectivity index (χ0n) is 12.4. The number of hydrogen-bond donors (Lipinski definition) is 1. The zero-order chi connectivity index (χ0) is 15.8. The number of halogens is 2. The first-order chi connectivity index (χ1) is 11.2. The minimum Gasteiger partial charge on any atom is -0.369 e. The van der Waals surface area contributed by atoms with E-state index in [0.717, 1.165) is 30.0 Å². The monoisotopic (exact) mass is 311 g/mol. The maximum absolute atomic E-state index is 14.1. The molecule has 5 heteroatoms. The topological polar surface area (TPSA) is 29.9 Å². The molecule has 3 aromatic rings. The molecule has 0 fully saturated rings. The summed E-state index contributed by atoms with van der Waals surface area (Å²) in [4.78, 5) is 0. The second-order valence-electron chi connectivity index (χ2n) is 5.58. The molecule has 3 nitrogen and oxygen atoms in total. The molecule has 2 aromatic carbocycles. The molecule has 4 rings (SSSR count). The van der Waals surface area contributed by atoms with E-state index in [2.05, 4.69) is 10.4 Å². The molecule has 1 aromatic heterocycles. The molecule has 0 saturated carbocycles. The molecule has 0 radical (unpaired) electrons. The highest BCUT2D eigenvalue weighted by molar-refractivity contribution is 5.57. The fourth-order valence-electron chi connectivity index (χ4n) is 3.01. The van der Waals surface area contributed by atoms with Crippen LogP contribution in [0.25, 0.3) is 5.69 Å². The standard InChI is InChI=1S/C18H15F2N3/c19-14-6-2-1-5-12(14)11-16-13-9-10-21-18(13)23(22-16)17-8-4-3-7-15(17)20/h1-8,21H,9-11H2. The van der Waals surface area contributed by atoms with Crippen molar-refractivity contribution < 1.29 is 8.78 Å². The number of aromatic nitrogens is 2. The van der Waals surface area contributed by atoms with Gasteiger partial charge in [-0.25, -0.2) is 13.5 Å². The molecule has 0 bridgehead atoms. The molecule has 0 amide bonds. The van der Waals surface area contributed by atoms with Crippen molar-refractivity contribution in [1.82, 2.24) is 9.78 Å². The zero-order valence-corrected chi connectivity index (χ0v) is 12.4. The summed E-state index contributed by atoms with van der Waals surface area (Å²) in [6, 6.07) is 13.2. The predicted molar refractivity (Wildman–Crippen MR) is 84.9 cm³/mol. The molecule has 2 heterocycles. The van der Waals surface area contributed by atoms with E-state index in [1.54, 1.807) is 35.0 Å². The molecule has 0 saturated heterocycles. The van der Waals surface area contributed by atoms with Crippen molar-refractivity contribution in [3.8, 4) is 5.69 Å². The SMILES string of the molecule is Fc1ccccc1Cc1nn(-c2ccccc2F)c2c1CCN2. The Morgan fingerprint density at radius 2 is 1.74 bits per heavy atom. The summed E-state index contributed by atoms with van der Waals surface area (Å²) in [6.45, 7) is 0.784. The van der Waals surface area contributed by atoms with E-state index >= 15 is 0 Å². The molecule has 0 atom stereocenters. The van der Waals surface area contributed by atoms with Gasteiger partial charge >= 0.3 is 0 Å². The van der Waals surface area contributed by atoms with Gasteiger partial charge in [-0.1, -0.05) is 30.3 Å². The Morgan fingerprint density at radius 1 is 1.00 bits per heavy atom. The van der Waals surface area contributed by atoms with Crippen molar-refractivity contribution in [1.29, 1.82) is 0 Å². The second kappa shape index (κ2) is 5.50. The van der Waals surface area contributed by atoms with Crippen molar-refractivity contribution >= 4 is 5.82 Å². The van der Waals surface area contributed by atoms with Crippen LogP contribution in [0.15, 0.2) is 48.5 Å². The molecule has 0 spiro atoms. The summed E-state index contributed by atoms with van der Waals surface area (Å²) in [5.74, 6) is 0.234. The largest absolute Gasteiger partial charge is 0.369 e. The summed E-state index contributed by atoms with van der Waals surface area (Å²) < 4.78 is 29.6. The van der Waals surface area contributed by atoms with Crippen LogP contribution in [0.1, 0.15) is 16.8 Å². The van der Waals surface area contributed by atoms with Crippen molar-refractivity contribution in [3.05, 3.63) is 77.0 Å². The van der Waals surface area contributed by atoms with Crippen LogP contribution in [-0.4, -0.2) is 16.3 Å². The van der Waals surface area contributed by atoms with E-state index in [1.807, 2.05) is 6.07 Å². The lowest BCUT2D eigenvalue weighted by Crippen LogP contribution is -2.06. The first kappa shape index (κ1) is 13.9. The highest BCUT2D eigenvalue weighted by Crippen LogP contribution is 2.31. The lowest BCUT2D eigenvalue weighted by molar-refractivity contribution is 0.607. The Kier molecular flexibility index (Phi) is 3.33. The Morgan fingerprint density at radius 3 is 2.52 bits per heavy atom. The second-order valence-corrected chi connectivity index (χ2v) is 5.58. The number of nitrogens with one attached hydrogen (secondary N) is 1. The van der Waals surface area contributed by atoms with Crippen LogP contribution in [0.2, 0.25) is 0 Å². The van der Waals surface area contributed by atoms with Gasteiger partial charge in [0.25, 0.3) is 0 Å². The lowest BCUT2D eigenvalue weighted by atomic mass is 10.1. The third-order valence-corrected chi connectivity index (χ3v) is 4.13. The Hall–Kier alpha value is -2.69. The number of para-hydroxylation sites is 1. The predicted octanol–water partition coefficient (Wildman–Crippen LogP) is 3.71. The average Bonchev–Trinajstić information content (AvgIpc) is 3.14. The van der Waals surface area contributed by atoms with E-state index < -0.39 is 0 Å². The summed E-state index contributed by atoms with van der Waals surface area (Å²) in [7, 11) is 0. The fourth-order valence-corrected chi connectivity index (χ4v) is 3.01. The van der Waals surface area contributed by atoms with Gasteiger partial charge < -0.3 is 5.32 Å². The van der Waals surface area contributed by atoms with Gasteiger partial charge in [-0.05, 0) is 30.2 Å². The van der Waals surface area contributed by atoms with Gasteiger partial charge in [0.1, 0.15) is 23.1 Å². The highest BCUT2D eigenvalue weighted by atomic mass is 19.1. The van der Waals surface area contributed by atoms with Gasteiger partial charge in [-0.2, -0.15) is 5.10 Å². The summed E-state index contributed by atoms with van der Waals surface area (Å²) >= 11 is 0. The number of benzene rings is 2. The fraction of sp³-hybridized carbons (Fsp3) is 0.167. The van der Waals surface area contributed by atoms with Crippen LogP contribution in [0.4, 0.5) is 14.6 Å². The van der Waals surface area contributed by atoms with E-state index in [-0.39, 0.29) is 11.6 Å². The van der Waals surface area contributed by atoms with Crippen LogP contribution in [0, 0.1) is 11.6 Å². The van der Waals surface area contributed by atoms with Gasteiger partial charge in [0, 0.05) is 18.5 Å². The van der Waals surface area contributed by atoms with Gasteiger partial charge in [-0.15, -0.1) is 0 Å². The number of rotatable bonds is 3. The van der Waals surface area contributed by atoms with Crippen LogP contribution in [0.5, 0.6) is 0 Å². The molecule has 1 aliphatic heterocycles. The van der Waals surface area contributed by atoms with Gasteiger partial charge in [0.2, 0.25) is 0 Å². The third kappa shape index (κ3) is 2.38. The summed E-state index contributed by atoms with van der Waals surface area (Å²) in [5.41, 5.74) is 2.83. The van der Waals surface area contributed by atoms with Crippen LogP contribution in [-0.2, 0) is 12.8 Å². The summed E-state index contributed by atoms with van der Waals surface area (Å²) in [6.07, 6.45) is 1.21. The molecular weight excluding hydrogens is 296 g/mol. The van der Waals surface area contributed by atoms with Gasteiger partial charge in [0.05, 0.1) is 5.69 Å². The minimum atomic E-state index is -0.330. The number of nitrogens with zero attached hydrogens (tertiary/aromatic N) is 2. The van der Waals surface area contributed by atoms with E-state index in [4.69, 9.17) is 0 Å². The highest BCUT2D eigenvalue weighted by Gasteiger charge is 2.24. The lowest BCUT2D eigenvalue weighted by Gasteiger charge is -2.07. The van der Waals surface area contributed by atoms with E-state index in [1.165, 1.54) is 12.1 Å². The van der Waals surface area contributed by atoms with Crippen molar-refractivity contribution in [2.75, 3.05) is 11.9 Å². The Balaban J connectivity index is 1.80. The van der Waals surface area contributed by atoms with Crippen molar-refractivity contribution in [2.24, 2.45) is 0 Å². The molecule has 0 aliphatic carbocycles. The van der Waals surface area contributed by atoms with Gasteiger partial charge in [0.15, 0.2) is 0 Å². The maximum Gasteiger partial charge on any atom is 0.148 e. The first-order valence-electron chi connectivity index (χ1n) is 7.57. The quantitative estimate of drug-likeness (QED) is 0.799. The molecule has 0 unspecified atom stereocenters. The molecule has 23 heavy (non-hydrogen) atoms. The van der Waals surface area contributed by atoms with E-state index in [0.29, 0.717) is 17.7 Å². The average molecular weight is 311 g/mol. The molecule has 1 aliphatic rings. The minimum absolute atomic E-state index is 0.243. The maximum atomic E-state index is 14.1. The molecule has 116 valence electrons. The summed E-state index contributed by atoms with van der Waals surface area (Å²) in [5, 5.41) is 7.80. The third-order valence-electron chi connectivity index (χ3n) is 4.13.